The molecule has 0 spiro atoms. The van der Waals surface area contributed by atoms with Crippen molar-refractivity contribution in [2.24, 2.45) is 5.41 Å². The molecule has 1 aliphatic rings. The molecule has 0 unspecified atom stereocenters. The average Bonchev–Trinajstić information content (AvgIpc) is 2.88. The fourth-order valence-electron chi connectivity index (χ4n) is 2.82. The van der Waals surface area contributed by atoms with Gasteiger partial charge in [0.1, 0.15) is 0 Å². The molecule has 0 saturated heterocycles. The third-order valence-electron chi connectivity index (χ3n) is 3.93. The maximum atomic E-state index is 3.62. The van der Waals surface area contributed by atoms with Crippen LogP contribution in [-0.4, -0.2) is 11.1 Å². The molecule has 1 aromatic rings. The zero-order valence-electron chi connectivity index (χ0n) is 10.6. The zero-order valence-corrected chi connectivity index (χ0v) is 10.6. The maximum Gasteiger partial charge on any atom is 0.0359 e. The Labute approximate surface area is 99.0 Å². The molecule has 1 aliphatic carbocycles. The van der Waals surface area contributed by atoms with Crippen LogP contribution in [0.2, 0.25) is 0 Å². The van der Waals surface area contributed by atoms with Crippen LogP contribution in [0.3, 0.4) is 0 Å². The van der Waals surface area contributed by atoms with Crippen molar-refractivity contribution in [3.05, 3.63) is 24.0 Å². The Morgan fingerprint density at radius 1 is 1.38 bits per heavy atom. The normalized spacial score (nSPS) is 19.1. The summed E-state index contributed by atoms with van der Waals surface area (Å²) in [5.74, 6) is 0. The second-order valence-electron chi connectivity index (χ2n) is 5.41. The van der Waals surface area contributed by atoms with Gasteiger partial charge in [-0.05, 0) is 37.3 Å². The standard InChI is InChI=1S/C14H24N2/c1-3-16-10-6-7-13(16)11-15-12-14(2)8-4-5-9-14/h6-7,10,15H,3-5,8-9,11-12H2,1-2H3. The first-order valence-corrected chi connectivity index (χ1v) is 6.58. The Kier molecular flexibility index (Phi) is 3.70. The fourth-order valence-corrected chi connectivity index (χ4v) is 2.82. The van der Waals surface area contributed by atoms with Crippen LogP contribution >= 0.6 is 0 Å². The number of nitrogens with zero attached hydrogens (tertiary/aromatic N) is 1. The minimum atomic E-state index is 0.559. The fraction of sp³-hybridized carbons (Fsp3) is 0.714. The average molecular weight is 220 g/mol. The lowest BCUT2D eigenvalue weighted by Gasteiger charge is -2.24. The molecule has 2 heteroatoms. The van der Waals surface area contributed by atoms with Gasteiger partial charge in [-0.1, -0.05) is 19.8 Å². The van der Waals surface area contributed by atoms with Gasteiger partial charge in [-0.3, -0.25) is 0 Å². The number of aryl methyl sites for hydroxylation is 1. The lowest BCUT2D eigenvalue weighted by Crippen LogP contribution is -2.29. The third-order valence-corrected chi connectivity index (χ3v) is 3.93. The van der Waals surface area contributed by atoms with E-state index in [1.807, 2.05) is 0 Å². The molecule has 0 atom stereocenters. The summed E-state index contributed by atoms with van der Waals surface area (Å²) >= 11 is 0. The summed E-state index contributed by atoms with van der Waals surface area (Å²) in [6.45, 7) is 7.87. The molecule has 2 nitrogen and oxygen atoms in total. The van der Waals surface area contributed by atoms with Crippen molar-refractivity contribution in [2.45, 2.75) is 52.6 Å². The number of nitrogens with one attached hydrogen (secondary N) is 1. The van der Waals surface area contributed by atoms with Crippen molar-refractivity contribution in [2.75, 3.05) is 6.54 Å². The Bertz CT molecular complexity index is 321. The zero-order chi connectivity index (χ0) is 11.4. The highest BCUT2D eigenvalue weighted by atomic mass is 15.0. The van der Waals surface area contributed by atoms with Gasteiger partial charge in [-0.25, -0.2) is 0 Å². The summed E-state index contributed by atoms with van der Waals surface area (Å²) in [7, 11) is 0. The Hall–Kier alpha value is -0.760. The van der Waals surface area contributed by atoms with Gasteiger partial charge >= 0.3 is 0 Å². The predicted octanol–water partition coefficient (Wildman–Crippen LogP) is 3.18. The van der Waals surface area contributed by atoms with Crippen molar-refractivity contribution >= 4 is 0 Å². The summed E-state index contributed by atoms with van der Waals surface area (Å²) in [5, 5.41) is 3.62. The maximum absolute atomic E-state index is 3.62. The summed E-state index contributed by atoms with van der Waals surface area (Å²) in [4.78, 5) is 0. The molecule has 1 N–H and O–H groups in total. The molecule has 1 heterocycles. The van der Waals surface area contributed by atoms with E-state index in [9.17, 15) is 0 Å². The first-order valence-electron chi connectivity index (χ1n) is 6.58. The highest BCUT2D eigenvalue weighted by molar-refractivity contribution is 5.06. The van der Waals surface area contributed by atoms with Crippen molar-refractivity contribution in [1.82, 2.24) is 9.88 Å². The van der Waals surface area contributed by atoms with E-state index in [0.717, 1.165) is 13.1 Å². The third kappa shape index (κ3) is 2.67. The number of aromatic nitrogens is 1. The van der Waals surface area contributed by atoms with Crippen LogP contribution in [0, 0.1) is 5.41 Å². The largest absolute Gasteiger partial charge is 0.351 e. The topological polar surface area (TPSA) is 17.0 Å². The molecule has 2 rings (SSSR count). The van der Waals surface area contributed by atoms with Crippen LogP contribution in [0.4, 0.5) is 0 Å². The molecule has 0 aliphatic heterocycles. The smallest absolute Gasteiger partial charge is 0.0359 e. The van der Waals surface area contributed by atoms with E-state index >= 15 is 0 Å². The van der Waals surface area contributed by atoms with Gasteiger partial charge in [-0.2, -0.15) is 0 Å². The molecular formula is C14H24N2. The van der Waals surface area contributed by atoms with Gasteiger partial charge in [0, 0.05) is 31.5 Å². The van der Waals surface area contributed by atoms with Crippen molar-refractivity contribution in [1.29, 1.82) is 0 Å². The number of hydrogen-bond acceptors (Lipinski definition) is 1. The van der Waals surface area contributed by atoms with E-state index in [1.165, 1.54) is 37.9 Å². The van der Waals surface area contributed by atoms with Crippen molar-refractivity contribution < 1.29 is 0 Å². The predicted molar refractivity (Wildman–Crippen MR) is 68.4 cm³/mol. The van der Waals surface area contributed by atoms with Gasteiger partial charge in [0.15, 0.2) is 0 Å². The molecule has 0 amide bonds. The van der Waals surface area contributed by atoms with Crippen LogP contribution < -0.4 is 5.32 Å². The molecule has 16 heavy (non-hydrogen) atoms. The Balaban J connectivity index is 1.79. The molecule has 0 radical (unpaired) electrons. The van der Waals surface area contributed by atoms with E-state index < -0.39 is 0 Å². The molecule has 1 aromatic heterocycles. The van der Waals surface area contributed by atoms with E-state index in [2.05, 4.69) is 42.1 Å². The van der Waals surface area contributed by atoms with E-state index in [0.29, 0.717) is 5.41 Å². The molecular weight excluding hydrogens is 196 g/mol. The van der Waals surface area contributed by atoms with E-state index in [4.69, 9.17) is 0 Å². The van der Waals surface area contributed by atoms with Gasteiger partial charge in [0.05, 0.1) is 0 Å². The summed E-state index contributed by atoms with van der Waals surface area (Å²) in [6, 6.07) is 4.35. The molecule has 0 aromatic carbocycles. The van der Waals surface area contributed by atoms with Crippen molar-refractivity contribution in [3.63, 3.8) is 0 Å². The Morgan fingerprint density at radius 3 is 2.81 bits per heavy atom. The highest BCUT2D eigenvalue weighted by Crippen LogP contribution is 2.36. The quantitative estimate of drug-likeness (QED) is 0.806. The summed E-state index contributed by atoms with van der Waals surface area (Å²) < 4.78 is 2.31. The second kappa shape index (κ2) is 5.05. The van der Waals surface area contributed by atoms with Crippen LogP contribution in [0.1, 0.15) is 45.2 Å². The van der Waals surface area contributed by atoms with Gasteiger partial charge in [0.25, 0.3) is 0 Å². The second-order valence-corrected chi connectivity index (χ2v) is 5.41. The number of rotatable bonds is 5. The van der Waals surface area contributed by atoms with E-state index in [-0.39, 0.29) is 0 Å². The molecule has 1 saturated carbocycles. The molecule has 90 valence electrons. The SMILES string of the molecule is CCn1cccc1CNCC1(C)CCCC1. The minimum Gasteiger partial charge on any atom is -0.351 e. The summed E-state index contributed by atoms with van der Waals surface area (Å²) in [6.07, 6.45) is 7.80. The first kappa shape index (κ1) is 11.7. The monoisotopic (exact) mass is 220 g/mol. The molecule has 1 fully saturated rings. The summed E-state index contributed by atoms with van der Waals surface area (Å²) in [5.41, 5.74) is 1.97. The minimum absolute atomic E-state index is 0.559. The van der Waals surface area contributed by atoms with Crippen LogP contribution in [0.5, 0.6) is 0 Å². The van der Waals surface area contributed by atoms with Gasteiger partial charge in [-0.15, -0.1) is 0 Å². The molecule has 0 bridgehead atoms. The van der Waals surface area contributed by atoms with Gasteiger partial charge in [0.2, 0.25) is 0 Å². The first-order chi connectivity index (χ1) is 7.73. The lowest BCUT2D eigenvalue weighted by atomic mass is 9.89. The van der Waals surface area contributed by atoms with Crippen LogP contribution in [0.25, 0.3) is 0 Å². The van der Waals surface area contributed by atoms with Gasteiger partial charge < -0.3 is 9.88 Å². The van der Waals surface area contributed by atoms with Crippen LogP contribution in [0.15, 0.2) is 18.3 Å². The highest BCUT2D eigenvalue weighted by Gasteiger charge is 2.27. The Morgan fingerprint density at radius 2 is 2.12 bits per heavy atom. The number of hydrogen-bond donors (Lipinski definition) is 1. The van der Waals surface area contributed by atoms with Crippen LogP contribution in [-0.2, 0) is 13.1 Å². The lowest BCUT2D eigenvalue weighted by molar-refractivity contribution is 0.313. The van der Waals surface area contributed by atoms with Crippen molar-refractivity contribution in [3.8, 4) is 0 Å². The van der Waals surface area contributed by atoms with E-state index in [1.54, 1.807) is 0 Å².